The van der Waals surface area contributed by atoms with E-state index >= 15 is 0 Å². The average Bonchev–Trinajstić information content (AvgIpc) is 3.11. The fourth-order valence-corrected chi connectivity index (χ4v) is 4.21. The number of aliphatic hydroxyl groups is 1. The van der Waals surface area contributed by atoms with E-state index in [-0.39, 0.29) is 22.0 Å². The zero-order valence-corrected chi connectivity index (χ0v) is 17.9. The van der Waals surface area contributed by atoms with E-state index in [1.807, 2.05) is 0 Å². The topological polar surface area (TPSA) is 76.1 Å². The van der Waals surface area contributed by atoms with Gasteiger partial charge in [0, 0.05) is 11.3 Å². The number of Topliss-reactive ketones (excluding diaryl/α,β-unsaturated/α-hetero) is 1. The largest absolute Gasteiger partial charge is 0.507 e. The van der Waals surface area contributed by atoms with E-state index in [1.165, 1.54) is 17.0 Å². The van der Waals surface area contributed by atoms with Crippen LogP contribution in [-0.2, 0) is 9.59 Å². The molecule has 0 spiro atoms. The second-order valence-electron chi connectivity index (χ2n) is 7.54. The molecular weight excluding hydrogens is 449 g/mol. The number of aliphatic hydroxyl groups excluding tert-OH is 1. The predicted molar refractivity (Wildman–Crippen MR) is 120 cm³/mol. The first-order valence-electron chi connectivity index (χ1n) is 10.2. The normalized spacial score (nSPS) is 19.1. The first-order chi connectivity index (χ1) is 16.0. The molecule has 1 amide bonds. The summed E-state index contributed by atoms with van der Waals surface area (Å²) in [6.07, 6.45) is 0. The number of carbonyl (C=O) groups is 2. The summed E-state index contributed by atoms with van der Waals surface area (Å²) in [6, 6.07) is 16.4. The Balaban J connectivity index is 1.69. The molecule has 2 aliphatic heterocycles. The van der Waals surface area contributed by atoms with Crippen LogP contribution in [0.15, 0.2) is 72.3 Å². The van der Waals surface area contributed by atoms with Crippen LogP contribution < -0.4 is 14.4 Å². The highest BCUT2D eigenvalue weighted by Crippen LogP contribution is 2.43. The van der Waals surface area contributed by atoms with E-state index in [2.05, 4.69) is 0 Å². The van der Waals surface area contributed by atoms with Crippen LogP contribution in [0.3, 0.4) is 0 Å². The van der Waals surface area contributed by atoms with E-state index in [4.69, 9.17) is 21.1 Å². The molecule has 0 saturated carbocycles. The standard InChI is InChI=1S/C25H17ClFNO5/c26-17-13-16(7-8-18(17)27)28-22(14-4-2-1-3-5-14)21(24(30)25(28)31)23(29)15-6-9-19-20(12-15)33-11-10-32-19/h1-9,12-13,22,29H,10-11H2/b23-21-. The molecule has 6 nitrogen and oxygen atoms in total. The monoisotopic (exact) mass is 465 g/mol. The maximum absolute atomic E-state index is 13.8. The quantitative estimate of drug-likeness (QED) is 0.339. The average molecular weight is 466 g/mol. The molecule has 33 heavy (non-hydrogen) atoms. The van der Waals surface area contributed by atoms with Gasteiger partial charge in [0.25, 0.3) is 11.7 Å². The summed E-state index contributed by atoms with van der Waals surface area (Å²) < 4.78 is 24.9. The number of ketones is 1. The van der Waals surface area contributed by atoms with Crippen LogP contribution in [0.1, 0.15) is 17.2 Å². The van der Waals surface area contributed by atoms with Crippen LogP contribution in [0.2, 0.25) is 5.02 Å². The number of nitrogens with zero attached hydrogens (tertiary/aromatic N) is 1. The summed E-state index contributed by atoms with van der Waals surface area (Å²) in [5, 5.41) is 11.0. The summed E-state index contributed by atoms with van der Waals surface area (Å²) in [4.78, 5) is 27.5. The lowest BCUT2D eigenvalue weighted by molar-refractivity contribution is -0.132. The first-order valence-corrected chi connectivity index (χ1v) is 10.5. The van der Waals surface area contributed by atoms with Gasteiger partial charge >= 0.3 is 0 Å². The number of hydrogen-bond acceptors (Lipinski definition) is 5. The highest BCUT2D eigenvalue weighted by molar-refractivity contribution is 6.51. The Labute approximate surface area is 193 Å². The Bertz CT molecular complexity index is 1310. The fourth-order valence-electron chi connectivity index (χ4n) is 4.03. The van der Waals surface area contributed by atoms with Crippen molar-refractivity contribution in [3.63, 3.8) is 0 Å². The molecule has 8 heteroatoms. The van der Waals surface area contributed by atoms with Gasteiger partial charge in [-0.15, -0.1) is 0 Å². The summed E-state index contributed by atoms with van der Waals surface area (Å²) in [7, 11) is 0. The van der Waals surface area contributed by atoms with Crippen LogP contribution in [-0.4, -0.2) is 30.0 Å². The van der Waals surface area contributed by atoms with Gasteiger partial charge < -0.3 is 14.6 Å². The molecule has 2 heterocycles. The minimum absolute atomic E-state index is 0.0941. The van der Waals surface area contributed by atoms with Gasteiger partial charge in [-0.05, 0) is 42.0 Å². The lowest BCUT2D eigenvalue weighted by atomic mass is 9.95. The minimum atomic E-state index is -0.944. The molecule has 3 aromatic rings. The summed E-state index contributed by atoms with van der Waals surface area (Å²) >= 11 is 5.95. The maximum atomic E-state index is 13.8. The molecule has 1 fully saturated rings. The first kappa shape index (κ1) is 21.0. The SMILES string of the molecule is O=C1C(=O)N(c2ccc(F)c(Cl)c2)C(c2ccccc2)/C1=C(/O)c1ccc2c(c1)OCCO2. The zero-order valence-electron chi connectivity index (χ0n) is 17.1. The number of amides is 1. The lowest BCUT2D eigenvalue weighted by Crippen LogP contribution is -2.29. The molecule has 166 valence electrons. The zero-order chi connectivity index (χ0) is 23.1. The molecule has 1 saturated heterocycles. The van der Waals surface area contributed by atoms with Gasteiger partial charge in [-0.3, -0.25) is 14.5 Å². The van der Waals surface area contributed by atoms with Gasteiger partial charge in [0.05, 0.1) is 16.6 Å². The van der Waals surface area contributed by atoms with E-state index in [0.717, 1.165) is 6.07 Å². The van der Waals surface area contributed by atoms with E-state index in [9.17, 15) is 19.1 Å². The third-order valence-corrected chi connectivity index (χ3v) is 5.85. The number of ether oxygens (including phenoxy) is 2. The molecule has 1 unspecified atom stereocenters. The summed E-state index contributed by atoms with van der Waals surface area (Å²) in [6.45, 7) is 0.772. The molecule has 2 aliphatic rings. The van der Waals surface area contributed by atoms with Crippen LogP contribution in [0.4, 0.5) is 10.1 Å². The number of fused-ring (bicyclic) bond motifs is 1. The third-order valence-electron chi connectivity index (χ3n) is 5.56. The van der Waals surface area contributed by atoms with Crippen molar-refractivity contribution >= 4 is 34.7 Å². The number of rotatable bonds is 3. The minimum Gasteiger partial charge on any atom is -0.507 e. The molecule has 1 atom stereocenters. The number of anilines is 1. The highest BCUT2D eigenvalue weighted by Gasteiger charge is 2.47. The molecule has 0 radical (unpaired) electrons. The van der Waals surface area contributed by atoms with Crippen molar-refractivity contribution in [2.24, 2.45) is 0 Å². The molecular formula is C25H17ClFNO5. The Kier molecular flexibility index (Phi) is 5.26. The van der Waals surface area contributed by atoms with Gasteiger partial charge in [0.15, 0.2) is 11.5 Å². The van der Waals surface area contributed by atoms with Gasteiger partial charge in [0.2, 0.25) is 0 Å². The molecule has 5 rings (SSSR count). The molecule has 0 aliphatic carbocycles. The lowest BCUT2D eigenvalue weighted by Gasteiger charge is -2.25. The smallest absolute Gasteiger partial charge is 0.300 e. The Morgan fingerprint density at radius 1 is 0.970 bits per heavy atom. The maximum Gasteiger partial charge on any atom is 0.300 e. The highest BCUT2D eigenvalue weighted by atomic mass is 35.5. The second kappa shape index (κ2) is 8.26. The predicted octanol–water partition coefficient (Wildman–Crippen LogP) is 4.88. The van der Waals surface area contributed by atoms with Gasteiger partial charge in [0.1, 0.15) is 24.8 Å². The van der Waals surface area contributed by atoms with E-state index in [1.54, 1.807) is 48.5 Å². The molecule has 3 aromatic carbocycles. The summed E-state index contributed by atoms with van der Waals surface area (Å²) in [5.41, 5.74) is 1.04. The van der Waals surface area contributed by atoms with Crippen LogP contribution >= 0.6 is 11.6 Å². The Morgan fingerprint density at radius 3 is 2.42 bits per heavy atom. The fraction of sp³-hybridized carbons (Fsp3) is 0.120. The molecule has 1 N–H and O–H groups in total. The van der Waals surface area contributed by atoms with Crippen LogP contribution in [0, 0.1) is 5.82 Å². The van der Waals surface area contributed by atoms with Crippen LogP contribution in [0.25, 0.3) is 5.76 Å². The second-order valence-corrected chi connectivity index (χ2v) is 7.94. The van der Waals surface area contributed by atoms with Crippen LogP contribution in [0.5, 0.6) is 11.5 Å². The van der Waals surface area contributed by atoms with Crippen molar-refractivity contribution in [2.75, 3.05) is 18.1 Å². The molecule has 0 bridgehead atoms. The van der Waals surface area contributed by atoms with Crippen molar-refractivity contribution in [2.45, 2.75) is 6.04 Å². The third kappa shape index (κ3) is 3.60. The number of benzene rings is 3. The van der Waals surface area contributed by atoms with Crippen molar-refractivity contribution < 1.29 is 28.6 Å². The van der Waals surface area contributed by atoms with E-state index in [0.29, 0.717) is 35.8 Å². The molecule has 0 aromatic heterocycles. The number of halogens is 2. The van der Waals surface area contributed by atoms with Crippen molar-refractivity contribution in [1.29, 1.82) is 0 Å². The summed E-state index contributed by atoms with van der Waals surface area (Å²) in [5.74, 6) is -1.76. The van der Waals surface area contributed by atoms with Gasteiger partial charge in [-0.25, -0.2) is 4.39 Å². The Hall–Kier alpha value is -3.84. The van der Waals surface area contributed by atoms with Crippen molar-refractivity contribution in [3.05, 3.63) is 94.3 Å². The van der Waals surface area contributed by atoms with Gasteiger partial charge in [-0.2, -0.15) is 0 Å². The Morgan fingerprint density at radius 2 is 1.70 bits per heavy atom. The van der Waals surface area contributed by atoms with Crippen molar-refractivity contribution in [3.8, 4) is 11.5 Å². The van der Waals surface area contributed by atoms with Gasteiger partial charge in [-0.1, -0.05) is 41.9 Å². The van der Waals surface area contributed by atoms with E-state index < -0.39 is 23.5 Å². The van der Waals surface area contributed by atoms with Crippen molar-refractivity contribution in [1.82, 2.24) is 0 Å². The number of hydrogen-bond donors (Lipinski definition) is 1. The number of carbonyl (C=O) groups excluding carboxylic acids is 2.